The Morgan fingerprint density at radius 3 is 2.40 bits per heavy atom. The molecule has 1 aromatic rings. The maximum absolute atomic E-state index is 12.0. The molecule has 0 spiro atoms. The molecule has 0 aromatic heterocycles. The molecule has 8 heteroatoms. The van der Waals surface area contributed by atoms with Gasteiger partial charge in [-0.2, -0.15) is 4.72 Å². The molecule has 0 heterocycles. The highest BCUT2D eigenvalue weighted by Gasteiger charge is 2.26. The first-order chi connectivity index (χ1) is 9.26. The van der Waals surface area contributed by atoms with Crippen molar-refractivity contribution in [3.05, 3.63) is 42.2 Å². The van der Waals surface area contributed by atoms with Crippen LogP contribution in [-0.4, -0.2) is 30.8 Å². The van der Waals surface area contributed by atoms with Crippen LogP contribution >= 0.6 is 0 Å². The molecule has 1 aromatic carbocycles. The Balaban J connectivity index is 2.94. The van der Waals surface area contributed by atoms with Crippen molar-refractivity contribution in [2.45, 2.75) is 24.3 Å². The molecule has 0 amide bonds. The van der Waals surface area contributed by atoms with E-state index in [0.29, 0.717) is 0 Å². The summed E-state index contributed by atoms with van der Waals surface area (Å²) in [6.45, 7) is 5.04. The van der Waals surface area contributed by atoms with Crippen molar-refractivity contribution in [3.63, 3.8) is 0 Å². The third kappa shape index (κ3) is 4.34. The van der Waals surface area contributed by atoms with E-state index in [2.05, 4.69) is 11.5 Å². The molecule has 0 aliphatic rings. The van der Waals surface area contributed by atoms with Gasteiger partial charge in [0.2, 0.25) is 10.0 Å². The summed E-state index contributed by atoms with van der Waals surface area (Å²) < 4.78 is 26.1. The van der Waals surface area contributed by atoms with Gasteiger partial charge in [-0.1, -0.05) is 24.3 Å². The van der Waals surface area contributed by atoms with E-state index in [9.17, 15) is 13.2 Å². The standard InChI is InChI=1S/C12H15NO6S/c1-8-3-5-10(6-4-8)20(17,18)13-11(12(14)15)7-9(2)19-16/h3-6,11,13,16H,2,7H2,1H3,(H,14,15). The molecule has 0 bridgehead atoms. The fraction of sp³-hybridized carbons (Fsp3) is 0.250. The summed E-state index contributed by atoms with van der Waals surface area (Å²) >= 11 is 0. The van der Waals surface area contributed by atoms with Crippen LogP contribution in [0.4, 0.5) is 0 Å². The molecule has 110 valence electrons. The van der Waals surface area contributed by atoms with Gasteiger partial charge in [0.1, 0.15) is 11.8 Å². The molecule has 0 aliphatic heterocycles. The molecule has 0 aliphatic carbocycles. The van der Waals surface area contributed by atoms with Crippen molar-refractivity contribution in [2.24, 2.45) is 0 Å². The third-order valence-electron chi connectivity index (χ3n) is 2.49. The second kappa shape index (κ2) is 6.51. The quantitative estimate of drug-likeness (QED) is 0.395. The number of rotatable bonds is 7. The molecule has 1 rings (SSSR count). The van der Waals surface area contributed by atoms with Crippen molar-refractivity contribution in [2.75, 3.05) is 0 Å². The van der Waals surface area contributed by atoms with Crippen LogP contribution in [0.5, 0.6) is 0 Å². The summed E-state index contributed by atoms with van der Waals surface area (Å²) in [7, 11) is -3.98. The Kier molecular flexibility index (Phi) is 5.26. The van der Waals surface area contributed by atoms with Crippen molar-refractivity contribution in [3.8, 4) is 0 Å². The SMILES string of the molecule is C=C(CC(NS(=O)(=O)c1ccc(C)cc1)C(=O)O)OO. The lowest BCUT2D eigenvalue weighted by molar-refractivity contribution is -0.206. The zero-order valence-corrected chi connectivity index (χ0v) is 11.6. The first-order valence-corrected chi connectivity index (χ1v) is 7.05. The Labute approximate surface area is 116 Å². The van der Waals surface area contributed by atoms with Crippen molar-refractivity contribution >= 4 is 16.0 Å². The van der Waals surface area contributed by atoms with Gasteiger partial charge < -0.3 is 9.99 Å². The molecule has 0 saturated heterocycles. The first kappa shape index (κ1) is 16.2. The number of benzene rings is 1. The summed E-state index contributed by atoms with van der Waals surface area (Å²) in [5.41, 5.74) is 0.876. The zero-order valence-electron chi connectivity index (χ0n) is 10.7. The van der Waals surface area contributed by atoms with Gasteiger partial charge in [-0.05, 0) is 19.1 Å². The van der Waals surface area contributed by atoms with Gasteiger partial charge in [0.25, 0.3) is 0 Å². The van der Waals surface area contributed by atoms with Gasteiger partial charge >= 0.3 is 5.97 Å². The Bertz CT molecular complexity index is 593. The number of sulfonamides is 1. The summed E-state index contributed by atoms with van der Waals surface area (Å²) in [5, 5.41) is 17.3. The van der Waals surface area contributed by atoms with Gasteiger partial charge in [-0.3, -0.25) is 4.79 Å². The van der Waals surface area contributed by atoms with Gasteiger partial charge in [-0.25, -0.2) is 13.7 Å². The number of aryl methyl sites for hydroxylation is 1. The van der Waals surface area contributed by atoms with Gasteiger partial charge in [0.15, 0.2) is 0 Å². The van der Waals surface area contributed by atoms with Crippen LogP contribution in [0.25, 0.3) is 0 Å². The van der Waals surface area contributed by atoms with Crippen LogP contribution in [0.15, 0.2) is 41.5 Å². The highest BCUT2D eigenvalue weighted by atomic mass is 32.2. The van der Waals surface area contributed by atoms with E-state index >= 15 is 0 Å². The predicted molar refractivity (Wildman–Crippen MR) is 70.4 cm³/mol. The Hall–Kier alpha value is -1.90. The minimum absolute atomic E-state index is 0.0510. The van der Waals surface area contributed by atoms with Gasteiger partial charge in [-0.15, -0.1) is 0 Å². The minimum Gasteiger partial charge on any atom is -0.480 e. The minimum atomic E-state index is -3.98. The average molecular weight is 301 g/mol. The Morgan fingerprint density at radius 1 is 1.40 bits per heavy atom. The monoisotopic (exact) mass is 301 g/mol. The maximum Gasteiger partial charge on any atom is 0.322 e. The van der Waals surface area contributed by atoms with Gasteiger partial charge in [0.05, 0.1) is 4.90 Å². The van der Waals surface area contributed by atoms with Crippen LogP contribution in [0.1, 0.15) is 12.0 Å². The van der Waals surface area contributed by atoms with Crippen molar-refractivity contribution in [1.29, 1.82) is 0 Å². The second-order valence-corrected chi connectivity index (χ2v) is 5.87. The zero-order chi connectivity index (χ0) is 15.3. The van der Waals surface area contributed by atoms with E-state index in [0.717, 1.165) is 5.56 Å². The van der Waals surface area contributed by atoms with E-state index in [4.69, 9.17) is 10.4 Å². The first-order valence-electron chi connectivity index (χ1n) is 5.57. The van der Waals surface area contributed by atoms with Crippen LogP contribution in [0.3, 0.4) is 0 Å². The van der Waals surface area contributed by atoms with E-state index in [1.807, 2.05) is 4.72 Å². The molecule has 0 fully saturated rings. The topological polar surface area (TPSA) is 113 Å². The molecule has 20 heavy (non-hydrogen) atoms. The molecule has 1 unspecified atom stereocenters. The average Bonchev–Trinajstić information content (AvgIpc) is 2.37. The highest BCUT2D eigenvalue weighted by molar-refractivity contribution is 7.89. The van der Waals surface area contributed by atoms with Crippen LogP contribution in [-0.2, 0) is 19.7 Å². The summed E-state index contributed by atoms with van der Waals surface area (Å²) in [6.07, 6.45) is -0.392. The summed E-state index contributed by atoms with van der Waals surface area (Å²) in [6, 6.07) is 4.45. The highest BCUT2D eigenvalue weighted by Crippen LogP contribution is 2.13. The molecule has 0 saturated carbocycles. The lowest BCUT2D eigenvalue weighted by atomic mass is 10.2. The summed E-state index contributed by atoms with van der Waals surface area (Å²) in [4.78, 5) is 14.7. The molecule has 7 nitrogen and oxygen atoms in total. The Morgan fingerprint density at radius 2 is 1.95 bits per heavy atom. The molecular weight excluding hydrogens is 286 g/mol. The van der Waals surface area contributed by atoms with Crippen molar-refractivity contribution in [1.82, 2.24) is 4.72 Å². The lowest BCUT2D eigenvalue weighted by Gasteiger charge is -2.14. The van der Waals surface area contributed by atoms with Gasteiger partial charge in [0, 0.05) is 6.42 Å². The third-order valence-corrected chi connectivity index (χ3v) is 3.98. The second-order valence-electron chi connectivity index (χ2n) is 4.16. The van der Waals surface area contributed by atoms with Crippen LogP contribution in [0, 0.1) is 6.92 Å². The van der Waals surface area contributed by atoms with E-state index in [1.54, 1.807) is 19.1 Å². The van der Waals surface area contributed by atoms with E-state index < -0.39 is 28.5 Å². The van der Waals surface area contributed by atoms with Crippen LogP contribution < -0.4 is 4.72 Å². The number of carboxylic acid groups (broad SMARTS) is 1. The van der Waals surface area contributed by atoms with E-state index in [1.165, 1.54) is 12.1 Å². The predicted octanol–water partition coefficient (Wildman–Crippen LogP) is 1.12. The number of nitrogens with one attached hydrogen (secondary N) is 1. The number of carbonyl (C=O) groups is 1. The smallest absolute Gasteiger partial charge is 0.322 e. The van der Waals surface area contributed by atoms with Crippen molar-refractivity contribution < 1.29 is 28.5 Å². The van der Waals surface area contributed by atoms with E-state index in [-0.39, 0.29) is 10.7 Å². The molecule has 3 N–H and O–H groups in total. The number of carboxylic acids is 1. The fourth-order valence-electron chi connectivity index (χ4n) is 1.42. The maximum atomic E-state index is 12.0. The molecule has 0 radical (unpaired) electrons. The fourth-order valence-corrected chi connectivity index (χ4v) is 2.61. The molecular formula is C12H15NO6S. The number of hydrogen-bond donors (Lipinski definition) is 3. The lowest BCUT2D eigenvalue weighted by Crippen LogP contribution is -2.41. The summed E-state index contributed by atoms with van der Waals surface area (Å²) in [5.74, 6) is -1.66. The number of hydrogen-bond acceptors (Lipinski definition) is 5. The molecule has 1 atom stereocenters. The van der Waals surface area contributed by atoms with Crippen LogP contribution in [0.2, 0.25) is 0 Å². The largest absolute Gasteiger partial charge is 0.480 e. The normalized spacial score (nSPS) is 12.7. The number of aliphatic carboxylic acids is 1.